The molecule has 0 aromatic carbocycles. The number of aryl methyl sites for hydroxylation is 2. The van der Waals surface area contributed by atoms with E-state index in [0.717, 1.165) is 29.5 Å². The molecule has 0 amide bonds. The Kier molecular flexibility index (Phi) is 3.41. The molecule has 0 aliphatic carbocycles. The minimum absolute atomic E-state index is 0.234. The Morgan fingerprint density at radius 2 is 1.35 bits per heavy atom. The van der Waals surface area contributed by atoms with Gasteiger partial charge in [0.05, 0.1) is 5.92 Å². The van der Waals surface area contributed by atoms with Gasteiger partial charge in [-0.3, -0.25) is 0 Å². The maximum absolute atomic E-state index is 5.75. The minimum atomic E-state index is 0.234. The first-order valence-electron chi connectivity index (χ1n) is 6.19. The highest BCUT2D eigenvalue weighted by atomic mass is 16.4. The van der Waals surface area contributed by atoms with Gasteiger partial charge in [-0.05, 0) is 50.5 Å². The fraction of sp³-hybridized carbons (Fsp3) is 0.467. The van der Waals surface area contributed by atoms with Gasteiger partial charge in [-0.2, -0.15) is 0 Å². The van der Waals surface area contributed by atoms with Crippen molar-refractivity contribution in [1.29, 1.82) is 0 Å². The molecule has 0 atom stereocenters. The first kappa shape index (κ1) is 12.0. The Balaban J connectivity index is 2.31. The van der Waals surface area contributed by atoms with Gasteiger partial charge in [-0.1, -0.05) is 13.8 Å². The molecule has 2 aromatic rings. The normalized spacial score (nSPS) is 11.6. The Morgan fingerprint density at radius 3 is 1.65 bits per heavy atom. The van der Waals surface area contributed by atoms with Crippen LogP contribution >= 0.6 is 0 Å². The predicted molar refractivity (Wildman–Crippen MR) is 68.2 cm³/mol. The lowest BCUT2D eigenvalue weighted by molar-refractivity contribution is 0.374. The zero-order valence-electron chi connectivity index (χ0n) is 11.0. The molecule has 2 nitrogen and oxygen atoms in total. The van der Waals surface area contributed by atoms with Gasteiger partial charge in [0.1, 0.15) is 23.0 Å². The topological polar surface area (TPSA) is 26.3 Å². The molecule has 17 heavy (non-hydrogen) atoms. The van der Waals surface area contributed by atoms with Gasteiger partial charge in [0.15, 0.2) is 0 Å². The van der Waals surface area contributed by atoms with Crippen LogP contribution in [0.2, 0.25) is 0 Å². The summed E-state index contributed by atoms with van der Waals surface area (Å²) in [5, 5.41) is 0. The van der Waals surface area contributed by atoms with Crippen molar-refractivity contribution in [2.75, 3.05) is 0 Å². The SMILES string of the molecule is Cc1ccc(C(CC(C)C)c2ccc(C)o2)o1. The predicted octanol–water partition coefficient (Wildman–Crippen LogP) is 4.67. The van der Waals surface area contributed by atoms with Gasteiger partial charge in [0, 0.05) is 0 Å². The Labute approximate surface area is 103 Å². The lowest BCUT2D eigenvalue weighted by Crippen LogP contribution is -2.03. The van der Waals surface area contributed by atoms with Gasteiger partial charge in [0.25, 0.3) is 0 Å². The molecule has 2 rings (SSSR count). The van der Waals surface area contributed by atoms with E-state index in [9.17, 15) is 0 Å². The molecule has 0 N–H and O–H groups in total. The molecule has 0 saturated heterocycles. The van der Waals surface area contributed by atoms with Crippen LogP contribution in [0.15, 0.2) is 33.1 Å². The van der Waals surface area contributed by atoms with Crippen molar-refractivity contribution in [2.45, 2.75) is 40.0 Å². The smallest absolute Gasteiger partial charge is 0.114 e. The van der Waals surface area contributed by atoms with Crippen molar-refractivity contribution in [2.24, 2.45) is 5.92 Å². The van der Waals surface area contributed by atoms with Gasteiger partial charge in [-0.25, -0.2) is 0 Å². The Morgan fingerprint density at radius 1 is 0.882 bits per heavy atom. The number of hydrogen-bond donors (Lipinski definition) is 0. The van der Waals surface area contributed by atoms with Crippen molar-refractivity contribution in [1.82, 2.24) is 0 Å². The highest BCUT2D eigenvalue weighted by Crippen LogP contribution is 2.33. The molecule has 2 heteroatoms. The van der Waals surface area contributed by atoms with Crippen molar-refractivity contribution < 1.29 is 8.83 Å². The van der Waals surface area contributed by atoms with Crippen LogP contribution in [-0.2, 0) is 0 Å². The second-order valence-electron chi connectivity index (χ2n) is 5.08. The van der Waals surface area contributed by atoms with Crippen LogP contribution in [-0.4, -0.2) is 0 Å². The molecule has 0 aliphatic rings. The summed E-state index contributed by atoms with van der Waals surface area (Å²) in [6, 6.07) is 8.14. The third-order valence-electron chi connectivity index (χ3n) is 2.92. The lowest BCUT2D eigenvalue weighted by atomic mass is 9.93. The standard InChI is InChI=1S/C15H20O2/c1-10(2)9-13(14-7-5-11(3)16-14)15-8-6-12(4)17-15/h5-8,10,13H,9H2,1-4H3. The summed E-state index contributed by atoms with van der Waals surface area (Å²) in [5.41, 5.74) is 0. The van der Waals surface area contributed by atoms with E-state index in [1.54, 1.807) is 0 Å². The maximum atomic E-state index is 5.75. The van der Waals surface area contributed by atoms with E-state index in [2.05, 4.69) is 26.0 Å². The van der Waals surface area contributed by atoms with Gasteiger partial charge < -0.3 is 8.83 Å². The molecule has 0 saturated carbocycles. The zero-order valence-corrected chi connectivity index (χ0v) is 11.0. The average molecular weight is 232 g/mol. The van der Waals surface area contributed by atoms with Crippen molar-refractivity contribution in [3.63, 3.8) is 0 Å². The largest absolute Gasteiger partial charge is 0.466 e. The van der Waals surface area contributed by atoms with Crippen LogP contribution in [0, 0.1) is 19.8 Å². The molecule has 0 radical (unpaired) electrons. The quantitative estimate of drug-likeness (QED) is 0.765. The van der Waals surface area contributed by atoms with Crippen LogP contribution < -0.4 is 0 Å². The average Bonchev–Trinajstić information content (AvgIpc) is 2.84. The second-order valence-corrected chi connectivity index (χ2v) is 5.08. The van der Waals surface area contributed by atoms with Crippen LogP contribution in [0.5, 0.6) is 0 Å². The van der Waals surface area contributed by atoms with Gasteiger partial charge >= 0.3 is 0 Å². The Bertz CT molecular complexity index is 436. The van der Waals surface area contributed by atoms with Gasteiger partial charge in [0.2, 0.25) is 0 Å². The monoisotopic (exact) mass is 232 g/mol. The zero-order chi connectivity index (χ0) is 12.4. The van der Waals surface area contributed by atoms with Crippen molar-refractivity contribution >= 4 is 0 Å². The van der Waals surface area contributed by atoms with E-state index >= 15 is 0 Å². The molecule has 0 aliphatic heterocycles. The molecular weight excluding hydrogens is 212 g/mol. The summed E-state index contributed by atoms with van der Waals surface area (Å²) in [7, 11) is 0. The molecule has 0 bridgehead atoms. The third kappa shape index (κ3) is 2.82. The fourth-order valence-electron chi connectivity index (χ4n) is 2.13. The van der Waals surface area contributed by atoms with Crippen LogP contribution in [0.4, 0.5) is 0 Å². The summed E-state index contributed by atoms with van der Waals surface area (Å²) < 4.78 is 11.5. The highest BCUT2D eigenvalue weighted by molar-refractivity contribution is 5.22. The molecular formula is C15H20O2. The summed E-state index contributed by atoms with van der Waals surface area (Å²) in [4.78, 5) is 0. The Hall–Kier alpha value is -1.44. The van der Waals surface area contributed by atoms with Crippen LogP contribution in [0.3, 0.4) is 0 Å². The minimum Gasteiger partial charge on any atom is -0.466 e. The number of hydrogen-bond acceptors (Lipinski definition) is 2. The van der Waals surface area contributed by atoms with E-state index in [4.69, 9.17) is 8.83 Å². The molecule has 92 valence electrons. The first-order valence-corrected chi connectivity index (χ1v) is 6.19. The van der Waals surface area contributed by atoms with Crippen LogP contribution in [0.25, 0.3) is 0 Å². The van der Waals surface area contributed by atoms with E-state index in [0.29, 0.717) is 5.92 Å². The second kappa shape index (κ2) is 4.82. The molecule has 2 aromatic heterocycles. The summed E-state index contributed by atoms with van der Waals surface area (Å²) in [5.74, 6) is 4.76. The van der Waals surface area contributed by atoms with Gasteiger partial charge in [-0.15, -0.1) is 0 Å². The third-order valence-corrected chi connectivity index (χ3v) is 2.92. The molecule has 0 unspecified atom stereocenters. The lowest BCUT2D eigenvalue weighted by Gasteiger charge is -2.14. The summed E-state index contributed by atoms with van der Waals surface area (Å²) >= 11 is 0. The molecule has 2 heterocycles. The molecule has 0 spiro atoms. The summed E-state index contributed by atoms with van der Waals surface area (Å²) in [6.45, 7) is 8.39. The van der Waals surface area contributed by atoms with E-state index in [1.165, 1.54) is 0 Å². The van der Waals surface area contributed by atoms with Crippen molar-refractivity contribution in [3.05, 3.63) is 47.3 Å². The highest BCUT2D eigenvalue weighted by Gasteiger charge is 2.21. The number of rotatable bonds is 4. The van der Waals surface area contributed by atoms with Crippen molar-refractivity contribution in [3.8, 4) is 0 Å². The number of furan rings is 2. The first-order chi connectivity index (χ1) is 8.06. The fourth-order valence-corrected chi connectivity index (χ4v) is 2.13. The van der Waals surface area contributed by atoms with E-state index < -0.39 is 0 Å². The molecule has 0 fully saturated rings. The van der Waals surface area contributed by atoms with Crippen LogP contribution in [0.1, 0.15) is 49.2 Å². The maximum Gasteiger partial charge on any atom is 0.114 e. The summed E-state index contributed by atoms with van der Waals surface area (Å²) in [6.07, 6.45) is 1.04. The van der Waals surface area contributed by atoms with E-state index in [-0.39, 0.29) is 5.92 Å². The van der Waals surface area contributed by atoms with E-state index in [1.807, 2.05) is 26.0 Å².